The van der Waals surface area contributed by atoms with Gasteiger partial charge in [-0.2, -0.15) is 0 Å². The minimum atomic E-state index is 0.525. The zero-order valence-electron chi connectivity index (χ0n) is 10.7. The summed E-state index contributed by atoms with van der Waals surface area (Å²) in [7, 11) is 1.68. The number of nitrogens with zero attached hydrogens (tertiary/aromatic N) is 1. The van der Waals surface area contributed by atoms with E-state index in [1.807, 2.05) is 18.2 Å². The number of rotatable bonds is 3. The third kappa shape index (κ3) is 2.17. The molecule has 0 radical (unpaired) electrons. The summed E-state index contributed by atoms with van der Waals surface area (Å²) in [5.74, 6) is 0.850. The van der Waals surface area contributed by atoms with E-state index in [0.29, 0.717) is 12.1 Å². The van der Waals surface area contributed by atoms with Gasteiger partial charge in [-0.3, -0.25) is 4.90 Å². The van der Waals surface area contributed by atoms with Gasteiger partial charge in [-0.15, -0.1) is 0 Å². The Kier molecular flexibility index (Phi) is 3.35. The quantitative estimate of drug-likeness (QED) is 0.910. The largest absolute Gasteiger partial charge is 0.497 e. The first kappa shape index (κ1) is 12.1. The number of halogens is 1. The second-order valence-electron chi connectivity index (χ2n) is 5.13. The second kappa shape index (κ2) is 4.98. The van der Waals surface area contributed by atoms with E-state index in [2.05, 4.69) is 10.2 Å². The molecular formula is C14H19ClN2O. The Morgan fingerprint density at radius 1 is 1.33 bits per heavy atom. The van der Waals surface area contributed by atoms with Gasteiger partial charge in [-0.05, 0) is 37.9 Å². The Hall–Kier alpha value is -0.930. The highest BCUT2D eigenvalue weighted by Gasteiger charge is 2.37. The van der Waals surface area contributed by atoms with Crippen LogP contribution in [0.25, 0.3) is 0 Å². The van der Waals surface area contributed by atoms with Crippen LogP contribution in [-0.4, -0.2) is 37.2 Å². The molecule has 0 aliphatic carbocycles. The monoisotopic (exact) mass is 266 g/mol. The molecule has 0 bridgehead atoms. The molecule has 3 nitrogen and oxygen atoms in total. The van der Waals surface area contributed by atoms with E-state index in [1.165, 1.54) is 32.4 Å². The van der Waals surface area contributed by atoms with Crippen LogP contribution in [0.5, 0.6) is 5.75 Å². The Bertz CT molecular complexity index is 438. The number of fused-ring (bicyclic) bond motifs is 1. The summed E-state index contributed by atoms with van der Waals surface area (Å²) >= 11 is 6.24. The maximum absolute atomic E-state index is 6.24. The Morgan fingerprint density at radius 2 is 2.22 bits per heavy atom. The van der Waals surface area contributed by atoms with Crippen molar-refractivity contribution in [1.82, 2.24) is 4.90 Å². The van der Waals surface area contributed by atoms with Crippen molar-refractivity contribution in [2.45, 2.75) is 31.3 Å². The molecule has 4 heteroatoms. The van der Waals surface area contributed by atoms with Crippen LogP contribution in [0.3, 0.4) is 0 Å². The Balaban J connectivity index is 1.76. The van der Waals surface area contributed by atoms with Gasteiger partial charge in [-0.25, -0.2) is 0 Å². The van der Waals surface area contributed by atoms with Crippen LogP contribution in [0, 0.1) is 0 Å². The number of ether oxygens (including phenoxy) is 1. The number of hydrogen-bond acceptors (Lipinski definition) is 3. The summed E-state index contributed by atoms with van der Waals surface area (Å²) in [4.78, 5) is 2.59. The van der Waals surface area contributed by atoms with Gasteiger partial charge in [0.25, 0.3) is 0 Å². The van der Waals surface area contributed by atoms with Crippen molar-refractivity contribution in [3.8, 4) is 5.75 Å². The highest BCUT2D eigenvalue weighted by molar-refractivity contribution is 6.33. The number of hydrogen-bond donors (Lipinski definition) is 1. The maximum Gasteiger partial charge on any atom is 0.121 e. The van der Waals surface area contributed by atoms with Crippen molar-refractivity contribution in [2.75, 3.05) is 25.5 Å². The van der Waals surface area contributed by atoms with Gasteiger partial charge in [0.05, 0.1) is 17.8 Å². The van der Waals surface area contributed by atoms with Crippen molar-refractivity contribution in [1.29, 1.82) is 0 Å². The molecule has 1 aromatic carbocycles. The third-order valence-corrected chi connectivity index (χ3v) is 4.45. The third-order valence-electron chi connectivity index (χ3n) is 4.12. The van der Waals surface area contributed by atoms with E-state index < -0.39 is 0 Å². The van der Waals surface area contributed by atoms with Crippen LogP contribution in [0.15, 0.2) is 18.2 Å². The van der Waals surface area contributed by atoms with E-state index in [4.69, 9.17) is 16.3 Å². The molecule has 2 saturated heterocycles. The van der Waals surface area contributed by atoms with Crippen LogP contribution >= 0.6 is 11.6 Å². The van der Waals surface area contributed by atoms with Crippen molar-refractivity contribution in [3.05, 3.63) is 23.2 Å². The summed E-state index contributed by atoms with van der Waals surface area (Å²) in [5.41, 5.74) is 0.995. The zero-order valence-corrected chi connectivity index (χ0v) is 11.4. The number of anilines is 1. The van der Waals surface area contributed by atoms with Crippen molar-refractivity contribution >= 4 is 17.3 Å². The SMILES string of the molecule is COc1ccc(Cl)c(NC2CCN3CCCC23)c1. The average Bonchev–Trinajstić information content (AvgIpc) is 2.96. The maximum atomic E-state index is 6.24. The van der Waals surface area contributed by atoms with Crippen LogP contribution in [0.2, 0.25) is 5.02 Å². The zero-order chi connectivity index (χ0) is 12.5. The summed E-state index contributed by atoms with van der Waals surface area (Å²) in [5, 5.41) is 4.37. The fourth-order valence-electron chi connectivity index (χ4n) is 3.19. The molecule has 0 spiro atoms. The lowest BCUT2D eigenvalue weighted by atomic mass is 10.1. The molecule has 3 rings (SSSR count). The van der Waals surface area contributed by atoms with Gasteiger partial charge >= 0.3 is 0 Å². The summed E-state index contributed by atoms with van der Waals surface area (Å²) in [6.07, 6.45) is 3.84. The smallest absolute Gasteiger partial charge is 0.121 e. The van der Waals surface area contributed by atoms with E-state index >= 15 is 0 Å². The lowest BCUT2D eigenvalue weighted by molar-refractivity contribution is 0.318. The average molecular weight is 267 g/mol. The van der Waals surface area contributed by atoms with E-state index in [0.717, 1.165) is 16.5 Å². The standard InChI is InChI=1S/C14H19ClN2O/c1-18-10-4-5-11(15)13(9-10)16-12-6-8-17-7-2-3-14(12)17/h4-5,9,12,14,16H,2-3,6-8H2,1H3. The molecule has 98 valence electrons. The Morgan fingerprint density at radius 3 is 3.06 bits per heavy atom. The van der Waals surface area contributed by atoms with Crippen LogP contribution in [0.1, 0.15) is 19.3 Å². The molecule has 0 aromatic heterocycles. The minimum Gasteiger partial charge on any atom is -0.497 e. The van der Waals surface area contributed by atoms with Gasteiger partial charge < -0.3 is 10.1 Å². The molecule has 1 N–H and O–H groups in total. The summed E-state index contributed by atoms with van der Waals surface area (Å²) in [6.45, 7) is 2.47. The second-order valence-corrected chi connectivity index (χ2v) is 5.54. The lowest BCUT2D eigenvalue weighted by Gasteiger charge is -2.23. The highest BCUT2D eigenvalue weighted by Crippen LogP contribution is 2.33. The van der Waals surface area contributed by atoms with Gasteiger partial charge in [0, 0.05) is 24.7 Å². The normalized spacial score (nSPS) is 27.2. The van der Waals surface area contributed by atoms with Gasteiger partial charge in [0.1, 0.15) is 5.75 Å². The lowest BCUT2D eigenvalue weighted by Crippen LogP contribution is -2.33. The molecule has 2 heterocycles. The molecule has 18 heavy (non-hydrogen) atoms. The minimum absolute atomic E-state index is 0.525. The Labute approximate surface area is 113 Å². The first-order chi connectivity index (χ1) is 8.78. The van der Waals surface area contributed by atoms with Gasteiger partial charge in [-0.1, -0.05) is 11.6 Å². The molecule has 2 unspecified atom stereocenters. The molecule has 0 amide bonds. The topological polar surface area (TPSA) is 24.5 Å². The van der Waals surface area contributed by atoms with Crippen LogP contribution < -0.4 is 10.1 Å². The van der Waals surface area contributed by atoms with Crippen LogP contribution in [-0.2, 0) is 0 Å². The van der Waals surface area contributed by atoms with Crippen molar-refractivity contribution < 1.29 is 4.74 Å². The van der Waals surface area contributed by atoms with Gasteiger partial charge in [0.15, 0.2) is 0 Å². The predicted octanol–water partition coefficient (Wildman–Crippen LogP) is 3.00. The van der Waals surface area contributed by atoms with Gasteiger partial charge in [0.2, 0.25) is 0 Å². The fraction of sp³-hybridized carbons (Fsp3) is 0.571. The fourth-order valence-corrected chi connectivity index (χ4v) is 3.36. The van der Waals surface area contributed by atoms with Crippen LogP contribution in [0.4, 0.5) is 5.69 Å². The van der Waals surface area contributed by atoms with Crippen molar-refractivity contribution in [2.24, 2.45) is 0 Å². The first-order valence-corrected chi connectivity index (χ1v) is 7.00. The van der Waals surface area contributed by atoms with E-state index in [-0.39, 0.29) is 0 Å². The number of benzene rings is 1. The number of methoxy groups -OCH3 is 1. The summed E-state index contributed by atoms with van der Waals surface area (Å²) < 4.78 is 5.25. The molecule has 0 saturated carbocycles. The van der Waals surface area contributed by atoms with E-state index in [1.54, 1.807) is 7.11 Å². The van der Waals surface area contributed by atoms with E-state index in [9.17, 15) is 0 Å². The predicted molar refractivity (Wildman–Crippen MR) is 74.6 cm³/mol. The summed E-state index contributed by atoms with van der Waals surface area (Å²) in [6, 6.07) is 6.98. The molecule has 1 aromatic rings. The molecule has 2 aliphatic heterocycles. The molecular weight excluding hydrogens is 248 g/mol. The molecule has 2 fully saturated rings. The molecule has 2 aliphatic rings. The first-order valence-electron chi connectivity index (χ1n) is 6.62. The molecule has 2 atom stereocenters. The van der Waals surface area contributed by atoms with Crippen molar-refractivity contribution in [3.63, 3.8) is 0 Å². The number of nitrogens with one attached hydrogen (secondary N) is 1. The highest BCUT2D eigenvalue weighted by atomic mass is 35.5.